The molecule has 94 valence electrons. The molecule has 0 aliphatic carbocycles. The summed E-state index contributed by atoms with van der Waals surface area (Å²) < 4.78 is 13.5. The third-order valence-electron chi connectivity index (χ3n) is 2.49. The molecule has 0 fully saturated rings. The first kappa shape index (κ1) is 12.8. The summed E-state index contributed by atoms with van der Waals surface area (Å²) in [6.07, 6.45) is 1.41. The minimum Gasteiger partial charge on any atom is -0.383 e. The van der Waals surface area contributed by atoms with E-state index in [4.69, 9.17) is 5.73 Å². The lowest BCUT2D eigenvalue weighted by molar-refractivity contribution is 0.627. The van der Waals surface area contributed by atoms with Crippen molar-refractivity contribution in [1.29, 1.82) is 0 Å². The Labute approximate surface area is 113 Å². The number of rotatable bonds is 3. The molecule has 2 rings (SSSR count). The van der Waals surface area contributed by atoms with Crippen LogP contribution in [0.4, 0.5) is 16.0 Å². The molecular weight excluding hydrogens is 299 g/mol. The van der Waals surface area contributed by atoms with E-state index in [1.54, 1.807) is 12.1 Å². The Balaban J connectivity index is 2.19. The number of benzene rings is 1. The molecule has 1 heterocycles. The second-order valence-corrected chi connectivity index (χ2v) is 4.67. The van der Waals surface area contributed by atoms with Crippen molar-refractivity contribution < 1.29 is 4.39 Å². The molecule has 0 atom stereocenters. The van der Waals surface area contributed by atoms with E-state index in [1.807, 2.05) is 11.9 Å². The van der Waals surface area contributed by atoms with Crippen LogP contribution in [0.5, 0.6) is 0 Å². The molecule has 0 unspecified atom stereocenters. The molecule has 0 aliphatic rings. The fraction of sp³-hybridized carbons (Fsp3) is 0.167. The molecule has 4 nitrogen and oxygen atoms in total. The summed E-state index contributed by atoms with van der Waals surface area (Å²) in [5, 5.41) is 0. The summed E-state index contributed by atoms with van der Waals surface area (Å²) in [4.78, 5) is 9.96. The zero-order valence-electron chi connectivity index (χ0n) is 9.77. The maximum Gasteiger partial charge on any atom is 0.148 e. The highest BCUT2D eigenvalue weighted by molar-refractivity contribution is 9.10. The summed E-state index contributed by atoms with van der Waals surface area (Å²) in [7, 11) is 1.88. The average molecular weight is 311 g/mol. The van der Waals surface area contributed by atoms with Crippen LogP contribution in [0, 0.1) is 5.82 Å². The number of hydrogen-bond donors (Lipinski definition) is 1. The molecule has 6 heteroatoms. The molecule has 2 aromatic rings. The van der Waals surface area contributed by atoms with Crippen LogP contribution in [0.15, 0.2) is 35.1 Å². The second-order valence-electron chi connectivity index (χ2n) is 3.88. The van der Waals surface area contributed by atoms with Gasteiger partial charge >= 0.3 is 0 Å². The van der Waals surface area contributed by atoms with Gasteiger partial charge in [-0.1, -0.05) is 12.1 Å². The average Bonchev–Trinajstić information content (AvgIpc) is 2.35. The fourth-order valence-electron chi connectivity index (χ4n) is 1.58. The Morgan fingerprint density at radius 2 is 1.94 bits per heavy atom. The Bertz CT molecular complexity index is 544. The van der Waals surface area contributed by atoms with Crippen molar-refractivity contribution in [3.8, 4) is 0 Å². The van der Waals surface area contributed by atoms with Crippen LogP contribution in [-0.2, 0) is 6.54 Å². The smallest absolute Gasteiger partial charge is 0.148 e. The van der Waals surface area contributed by atoms with Gasteiger partial charge in [0.15, 0.2) is 0 Å². The number of halogens is 2. The van der Waals surface area contributed by atoms with E-state index in [0.717, 1.165) is 5.56 Å². The number of nitrogen functional groups attached to an aromatic ring is 1. The Hall–Kier alpha value is -1.69. The van der Waals surface area contributed by atoms with Gasteiger partial charge in [-0.2, -0.15) is 0 Å². The van der Waals surface area contributed by atoms with Gasteiger partial charge in [-0.15, -0.1) is 0 Å². The van der Waals surface area contributed by atoms with E-state index >= 15 is 0 Å². The largest absolute Gasteiger partial charge is 0.383 e. The summed E-state index contributed by atoms with van der Waals surface area (Å²) >= 11 is 3.35. The topological polar surface area (TPSA) is 55.0 Å². The molecule has 0 aliphatic heterocycles. The monoisotopic (exact) mass is 310 g/mol. The first-order chi connectivity index (χ1) is 8.58. The van der Waals surface area contributed by atoms with Gasteiger partial charge in [0.1, 0.15) is 28.3 Å². The van der Waals surface area contributed by atoms with Gasteiger partial charge in [0.25, 0.3) is 0 Å². The van der Waals surface area contributed by atoms with E-state index < -0.39 is 0 Å². The lowest BCUT2D eigenvalue weighted by Gasteiger charge is -2.19. The number of hydrogen-bond acceptors (Lipinski definition) is 4. The minimum absolute atomic E-state index is 0.242. The second kappa shape index (κ2) is 5.30. The Morgan fingerprint density at radius 1 is 1.28 bits per heavy atom. The van der Waals surface area contributed by atoms with Crippen LogP contribution in [0.25, 0.3) is 0 Å². The summed E-state index contributed by atoms with van der Waals surface area (Å²) in [5.74, 6) is 0.853. The van der Waals surface area contributed by atoms with Gasteiger partial charge in [0, 0.05) is 13.6 Å². The van der Waals surface area contributed by atoms with Crippen molar-refractivity contribution in [2.75, 3.05) is 17.7 Å². The highest BCUT2D eigenvalue weighted by Gasteiger charge is 2.11. The molecule has 0 spiro atoms. The molecule has 18 heavy (non-hydrogen) atoms. The molecule has 2 N–H and O–H groups in total. The zero-order valence-corrected chi connectivity index (χ0v) is 11.4. The van der Waals surface area contributed by atoms with Crippen molar-refractivity contribution in [3.63, 3.8) is 0 Å². The highest BCUT2D eigenvalue weighted by Crippen LogP contribution is 2.27. The third-order valence-corrected chi connectivity index (χ3v) is 3.25. The fourth-order valence-corrected chi connectivity index (χ4v) is 2.09. The molecule has 1 aromatic carbocycles. The van der Waals surface area contributed by atoms with E-state index in [1.165, 1.54) is 18.5 Å². The van der Waals surface area contributed by atoms with E-state index in [2.05, 4.69) is 25.9 Å². The van der Waals surface area contributed by atoms with Crippen LogP contribution in [0.2, 0.25) is 0 Å². The Kier molecular flexibility index (Phi) is 3.76. The molecular formula is C12H12BrFN4. The van der Waals surface area contributed by atoms with Gasteiger partial charge in [-0.3, -0.25) is 0 Å². The molecule has 0 bridgehead atoms. The summed E-state index contributed by atoms with van der Waals surface area (Å²) in [6, 6.07) is 6.35. The number of nitrogens with two attached hydrogens (primary N) is 1. The van der Waals surface area contributed by atoms with Crippen molar-refractivity contribution >= 4 is 27.6 Å². The van der Waals surface area contributed by atoms with Gasteiger partial charge < -0.3 is 10.6 Å². The van der Waals surface area contributed by atoms with Gasteiger partial charge in [0.05, 0.1) is 0 Å². The minimum atomic E-state index is -0.242. The van der Waals surface area contributed by atoms with E-state index in [-0.39, 0.29) is 5.82 Å². The van der Waals surface area contributed by atoms with Gasteiger partial charge in [-0.25, -0.2) is 14.4 Å². The predicted octanol–water partition coefficient (Wildman–Crippen LogP) is 2.60. The van der Waals surface area contributed by atoms with Crippen LogP contribution in [-0.4, -0.2) is 17.0 Å². The van der Waals surface area contributed by atoms with Crippen LogP contribution >= 0.6 is 15.9 Å². The number of anilines is 2. The molecule has 1 aromatic heterocycles. The van der Waals surface area contributed by atoms with Gasteiger partial charge in [-0.05, 0) is 33.6 Å². The van der Waals surface area contributed by atoms with Crippen molar-refractivity contribution in [3.05, 3.63) is 46.4 Å². The maximum absolute atomic E-state index is 12.8. The van der Waals surface area contributed by atoms with Crippen LogP contribution in [0.1, 0.15) is 5.56 Å². The SMILES string of the molecule is CN(Cc1ccc(F)cc1)c1ncnc(N)c1Br. The van der Waals surface area contributed by atoms with Crippen LogP contribution < -0.4 is 10.6 Å². The number of nitrogens with zero attached hydrogens (tertiary/aromatic N) is 3. The number of aromatic nitrogens is 2. The molecule has 0 radical (unpaired) electrons. The van der Waals surface area contributed by atoms with E-state index in [0.29, 0.717) is 22.7 Å². The maximum atomic E-state index is 12.8. The summed E-state index contributed by atoms with van der Waals surface area (Å²) in [6.45, 7) is 0.606. The Morgan fingerprint density at radius 3 is 2.61 bits per heavy atom. The third kappa shape index (κ3) is 2.76. The first-order valence-corrected chi connectivity index (χ1v) is 6.09. The zero-order chi connectivity index (χ0) is 13.1. The van der Waals surface area contributed by atoms with Crippen molar-refractivity contribution in [2.45, 2.75) is 6.54 Å². The first-order valence-electron chi connectivity index (χ1n) is 5.29. The predicted molar refractivity (Wildman–Crippen MR) is 72.7 cm³/mol. The molecule has 0 saturated heterocycles. The lowest BCUT2D eigenvalue weighted by Crippen LogP contribution is -2.18. The standard InChI is InChI=1S/C12H12BrFN4/c1-18(6-8-2-4-9(14)5-3-8)12-10(13)11(15)16-7-17-12/h2-5,7H,6H2,1H3,(H2,15,16,17). The summed E-state index contributed by atoms with van der Waals surface area (Å²) in [5.41, 5.74) is 6.69. The van der Waals surface area contributed by atoms with Crippen molar-refractivity contribution in [1.82, 2.24) is 9.97 Å². The van der Waals surface area contributed by atoms with E-state index in [9.17, 15) is 4.39 Å². The van der Waals surface area contributed by atoms with Gasteiger partial charge in [0.2, 0.25) is 0 Å². The van der Waals surface area contributed by atoms with Crippen molar-refractivity contribution in [2.24, 2.45) is 0 Å². The quantitative estimate of drug-likeness (QED) is 0.946. The van der Waals surface area contributed by atoms with Crippen LogP contribution in [0.3, 0.4) is 0 Å². The highest BCUT2D eigenvalue weighted by atomic mass is 79.9. The normalized spacial score (nSPS) is 10.4. The molecule has 0 amide bonds. The molecule has 0 saturated carbocycles. The lowest BCUT2D eigenvalue weighted by atomic mass is 10.2.